The number of aliphatic imine (C=N–C) groups is 1. The molecule has 6 nitrogen and oxygen atoms in total. The summed E-state index contributed by atoms with van der Waals surface area (Å²) < 4.78 is 10.5. The van der Waals surface area contributed by atoms with E-state index in [-0.39, 0.29) is 24.0 Å². The summed E-state index contributed by atoms with van der Waals surface area (Å²) in [7, 11) is 3.22. The van der Waals surface area contributed by atoms with Gasteiger partial charge >= 0.3 is 0 Å². The van der Waals surface area contributed by atoms with Crippen molar-refractivity contribution in [2.75, 3.05) is 14.2 Å². The molecule has 0 fully saturated rings. The third-order valence-electron chi connectivity index (χ3n) is 2.97. The monoisotopic (exact) mass is 448 g/mol. The van der Waals surface area contributed by atoms with Gasteiger partial charge in [-0.05, 0) is 24.6 Å². The molecule has 23 heavy (non-hydrogen) atoms. The molecule has 0 saturated heterocycles. The number of ether oxygens (including phenoxy) is 2. The number of hydrogen-bond acceptors (Lipinski definition) is 5. The van der Waals surface area contributed by atoms with Gasteiger partial charge in [0.05, 0.1) is 27.3 Å². The number of guanidine groups is 1. The number of nitrogens with two attached hydrogens (primary N) is 1. The van der Waals surface area contributed by atoms with Crippen LogP contribution in [0.3, 0.4) is 0 Å². The van der Waals surface area contributed by atoms with Crippen molar-refractivity contribution in [1.82, 2.24) is 10.3 Å². The number of hydrogen-bond donors (Lipinski definition) is 2. The Hall–Kier alpha value is -1.55. The molecule has 0 radical (unpaired) electrons. The van der Waals surface area contributed by atoms with E-state index in [0.29, 0.717) is 30.5 Å². The van der Waals surface area contributed by atoms with Gasteiger partial charge in [-0.3, -0.25) is 0 Å². The van der Waals surface area contributed by atoms with E-state index in [0.717, 1.165) is 10.6 Å². The molecule has 0 aliphatic carbocycles. The van der Waals surface area contributed by atoms with Gasteiger partial charge in [0, 0.05) is 11.1 Å². The molecule has 1 heterocycles. The van der Waals surface area contributed by atoms with Crippen LogP contribution in [-0.4, -0.2) is 25.2 Å². The predicted molar refractivity (Wildman–Crippen MR) is 104 cm³/mol. The minimum atomic E-state index is 0. The smallest absolute Gasteiger partial charge is 0.189 e. The van der Waals surface area contributed by atoms with E-state index in [9.17, 15) is 0 Å². The first-order valence-corrected chi connectivity index (χ1v) is 7.60. The molecule has 0 bridgehead atoms. The number of nitrogens with zero attached hydrogens (tertiary/aromatic N) is 2. The molecule has 126 valence electrons. The van der Waals surface area contributed by atoms with Crippen molar-refractivity contribution in [1.29, 1.82) is 0 Å². The van der Waals surface area contributed by atoms with Gasteiger partial charge in [0.1, 0.15) is 5.01 Å². The largest absolute Gasteiger partial charge is 0.493 e. The Morgan fingerprint density at radius 1 is 1.30 bits per heavy atom. The molecule has 2 rings (SSSR count). The van der Waals surface area contributed by atoms with Crippen molar-refractivity contribution < 1.29 is 9.47 Å². The molecule has 0 spiro atoms. The Kier molecular flexibility index (Phi) is 8.10. The van der Waals surface area contributed by atoms with Crippen LogP contribution in [0.25, 0.3) is 0 Å². The van der Waals surface area contributed by atoms with Gasteiger partial charge in [-0.2, -0.15) is 0 Å². The third-order valence-corrected chi connectivity index (χ3v) is 3.88. The van der Waals surface area contributed by atoms with Crippen LogP contribution in [0.15, 0.2) is 29.4 Å². The number of benzene rings is 1. The van der Waals surface area contributed by atoms with Crippen molar-refractivity contribution in [2.24, 2.45) is 10.7 Å². The Morgan fingerprint density at radius 2 is 2.04 bits per heavy atom. The Morgan fingerprint density at radius 3 is 2.65 bits per heavy atom. The van der Waals surface area contributed by atoms with Crippen LogP contribution in [0.4, 0.5) is 0 Å². The van der Waals surface area contributed by atoms with Gasteiger partial charge < -0.3 is 20.5 Å². The summed E-state index contributed by atoms with van der Waals surface area (Å²) in [4.78, 5) is 9.75. The van der Waals surface area contributed by atoms with Gasteiger partial charge in [0.15, 0.2) is 17.5 Å². The van der Waals surface area contributed by atoms with Crippen LogP contribution in [-0.2, 0) is 13.1 Å². The zero-order valence-corrected chi connectivity index (χ0v) is 16.5. The number of rotatable bonds is 6. The average Bonchev–Trinajstić information content (AvgIpc) is 2.96. The molecule has 0 atom stereocenters. The number of thiazole rings is 1. The predicted octanol–water partition coefficient (Wildman–Crippen LogP) is 2.69. The first-order valence-electron chi connectivity index (χ1n) is 6.78. The van der Waals surface area contributed by atoms with Crippen molar-refractivity contribution in [3.63, 3.8) is 0 Å². The molecule has 0 aliphatic heterocycles. The number of aryl methyl sites for hydroxylation is 1. The maximum absolute atomic E-state index is 5.86. The molecule has 0 saturated carbocycles. The highest BCUT2D eigenvalue weighted by atomic mass is 127. The Labute approximate surface area is 157 Å². The van der Waals surface area contributed by atoms with E-state index >= 15 is 0 Å². The SMILES string of the molecule is COc1ccc(CN=C(N)NCc2ncc(C)s2)cc1OC.I. The normalized spacial score (nSPS) is 10.8. The fourth-order valence-corrected chi connectivity index (χ4v) is 2.59. The van der Waals surface area contributed by atoms with E-state index in [2.05, 4.69) is 15.3 Å². The summed E-state index contributed by atoms with van der Waals surface area (Å²) >= 11 is 1.64. The third kappa shape index (κ3) is 5.87. The summed E-state index contributed by atoms with van der Waals surface area (Å²) in [6.45, 7) is 3.07. The summed E-state index contributed by atoms with van der Waals surface area (Å²) in [5, 5.41) is 4.04. The first kappa shape index (κ1) is 19.5. The van der Waals surface area contributed by atoms with E-state index < -0.39 is 0 Å². The maximum Gasteiger partial charge on any atom is 0.189 e. The van der Waals surface area contributed by atoms with Crippen molar-refractivity contribution in [3.05, 3.63) is 39.8 Å². The van der Waals surface area contributed by atoms with E-state index in [4.69, 9.17) is 15.2 Å². The average molecular weight is 448 g/mol. The molecule has 2 aromatic rings. The minimum Gasteiger partial charge on any atom is -0.493 e. The lowest BCUT2D eigenvalue weighted by Gasteiger charge is -2.09. The van der Waals surface area contributed by atoms with Crippen molar-refractivity contribution in [3.8, 4) is 11.5 Å². The number of aromatic nitrogens is 1. The van der Waals surface area contributed by atoms with Gasteiger partial charge in [0.25, 0.3) is 0 Å². The van der Waals surface area contributed by atoms with E-state index in [1.807, 2.05) is 31.3 Å². The summed E-state index contributed by atoms with van der Waals surface area (Å²) in [6.07, 6.45) is 1.85. The molecule has 3 N–H and O–H groups in total. The highest BCUT2D eigenvalue weighted by molar-refractivity contribution is 14.0. The van der Waals surface area contributed by atoms with Crippen LogP contribution >= 0.6 is 35.3 Å². The summed E-state index contributed by atoms with van der Waals surface area (Å²) in [5.41, 5.74) is 6.86. The van der Waals surface area contributed by atoms with Crippen molar-refractivity contribution in [2.45, 2.75) is 20.0 Å². The molecule has 1 aromatic carbocycles. The summed E-state index contributed by atoms with van der Waals surface area (Å²) in [5.74, 6) is 1.77. The maximum atomic E-state index is 5.86. The fourth-order valence-electron chi connectivity index (χ4n) is 1.86. The second kappa shape index (κ2) is 9.56. The van der Waals surface area contributed by atoms with Crippen molar-refractivity contribution >= 4 is 41.3 Å². The van der Waals surface area contributed by atoms with Crippen LogP contribution in [0.5, 0.6) is 11.5 Å². The molecule has 0 aliphatic rings. The Bertz CT molecular complexity index is 661. The molecule has 0 unspecified atom stereocenters. The van der Waals surface area contributed by atoms with E-state index in [1.165, 1.54) is 4.88 Å². The molecule has 8 heteroatoms. The van der Waals surface area contributed by atoms with Gasteiger partial charge in [-0.25, -0.2) is 9.98 Å². The minimum absolute atomic E-state index is 0. The summed E-state index contributed by atoms with van der Waals surface area (Å²) in [6, 6.07) is 5.67. The lowest BCUT2D eigenvalue weighted by atomic mass is 10.2. The highest BCUT2D eigenvalue weighted by Crippen LogP contribution is 2.27. The first-order chi connectivity index (χ1) is 10.6. The standard InChI is InChI=1S/C15H20N4O2S.HI/c1-10-7-17-14(22-10)9-19-15(16)18-8-11-4-5-12(20-2)13(6-11)21-3;/h4-7H,8-9H2,1-3H3,(H3,16,18,19);1H. The second-order valence-electron chi connectivity index (χ2n) is 4.61. The lowest BCUT2D eigenvalue weighted by Crippen LogP contribution is -2.31. The van der Waals surface area contributed by atoms with Gasteiger partial charge in [-0.1, -0.05) is 6.07 Å². The number of halogens is 1. The fraction of sp³-hybridized carbons (Fsp3) is 0.333. The zero-order valence-electron chi connectivity index (χ0n) is 13.3. The van der Waals surface area contributed by atoms with Crippen LogP contribution in [0.1, 0.15) is 15.4 Å². The molecule has 1 aromatic heterocycles. The van der Waals surface area contributed by atoms with Crippen LogP contribution in [0.2, 0.25) is 0 Å². The molecule has 0 amide bonds. The second-order valence-corrected chi connectivity index (χ2v) is 5.93. The highest BCUT2D eigenvalue weighted by Gasteiger charge is 2.04. The van der Waals surface area contributed by atoms with Gasteiger partial charge in [0.2, 0.25) is 0 Å². The lowest BCUT2D eigenvalue weighted by molar-refractivity contribution is 0.354. The zero-order chi connectivity index (χ0) is 15.9. The number of nitrogens with one attached hydrogen (secondary N) is 1. The molecular weight excluding hydrogens is 427 g/mol. The quantitative estimate of drug-likeness (QED) is 0.404. The molecular formula is C15H21IN4O2S. The number of methoxy groups -OCH3 is 2. The van der Waals surface area contributed by atoms with Gasteiger partial charge in [-0.15, -0.1) is 35.3 Å². The topological polar surface area (TPSA) is 81.8 Å². The Balaban J connectivity index is 0.00000264. The van der Waals surface area contributed by atoms with E-state index in [1.54, 1.807) is 25.6 Å². The van der Waals surface area contributed by atoms with Crippen LogP contribution < -0.4 is 20.5 Å². The van der Waals surface area contributed by atoms with Crippen LogP contribution in [0, 0.1) is 6.92 Å².